The maximum Gasteiger partial charge on any atom is 0.328 e. The van der Waals surface area contributed by atoms with E-state index in [9.17, 15) is 24.3 Å². The Labute approximate surface area is 229 Å². The van der Waals surface area contributed by atoms with Gasteiger partial charge in [-0.15, -0.1) is 0 Å². The van der Waals surface area contributed by atoms with Gasteiger partial charge < -0.3 is 26.0 Å². The summed E-state index contributed by atoms with van der Waals surface area (Å²) in [6.07, 6.45) is 4.94. The van der Waals surface area contributed by atoms with E-state index < -0.39 is 23.8 Å². The van der Waals surface area contributed by atoms with Crippen molar-refractivity contribution in [1.29, 1.82) is 0 Å². The first-order valence-electron chi connectivity index (χ1n) is 13.9. The number of hydrogen-bond donors (Lipinski definition) is 4. The topological polar surface area (TPSA) is 128 Å². The van der Waals surface area contributed by atoms with Crippen molar-refractivity contribution in [2.24, 2.45) is 11.8 Å². The van der Waals surface area contributed by atoms with Gasteiger partial charge in [0.05, 0.1) is 5.92 Å². The second-order valence-electron chi connectivity index (χ2n) is 10.5. The van der Waals surface area contributed by atoms with Crippen LogP contribution in [0.4, 0.5) is 0 Å². The van der Waals surface area contributed by atoms with E-state index in [0.29, 0.717) is 37.4 Å². The fourth-order valence-corrected chi connectivity index (χ4v) is 5.31. The van der Waals surface area contributed by atoms with Crippen LogP contribution in [0.2, 0.25) is 0 Å². The average molecular weight is 535 g/mol. The average Bonchev–Trinajstić information content (AvgIpc) is 2.98. The molecule has 2 fully saturated rings. The van der Waals surface area contributed by atoms with E-state index in [-0.39, 0.29) is 18.4 Å². The van der Waals surface area contributed by atoms with Crippen molar-refractivity contribution in [3.63, 3.8) is 0 Å². The van der Waals surface area contributed by atoms with Crippen LogP contribution in [0.5, 0.6) is 0 Å². The molecule has 9 nitrogen and oxygen atoms in total. The molecule has 0 radical (unpaired) electrons. The van der Waals surface area contributed by atoms with Gasteiger partial charge in [-0.25, -0.2) is 4.79 Å². The fourth-order valence-electron chi connectivity index (χ4n) is 5.31. The maximum absolute atomic E-state index is 12.9. The summed E-state index contributed by atoms with van der Waals surface area (Å²) in [7, 11) is 0. The lowest BCUT2D eigenvalue weighted by molar-refractivity contribution is -0.139. The van der Waals surface area contributed by atoms with Crippen molar-refractivity contribution in [2.75, 3.05) is 32.7 Å². The van der Waals surface area contributed by atoms with Crippen LogP contribution in [0.1, 0.15) is 48.9 Å². The number of likely N-dealkylation sites (tertiary alicyclic amines) is 1. The number of carboxylic acids is 1. The highest BCUT2D eigenvalue weighted by Crippen LogP contribution is 2.22. The van der Waals surface area contributed by atoms with Crippen molar-refractivity contribution in [2.45, 2.75) is 44.6 Å². The molecule has 9 heteroatoms. The highest BCUT2D eigenvalue weighted by atomic mass is 16.4. The van der Waals surface area contributed by atoms with Crippen molar-refractivity contribution < 1.29 is 24.3 Å². The van der Waals surface area contributed by atoms with Gasteiger partial charge in [-0.3, -0.25) is 14.4 Å². The Morgan fingerprint density at radius 2 is 1.64 bits per heavy atom. The molecule has 208 valence electrons. The van der Waals surface area contributed by atoms with E-state index in [1.165, 1.54) is 0 Å². The standard InChI is InChI=1S/C30H38N4O5/c35-27(13-8-21-14-16-31-17-15-21)34-18-4-7-25(20-34)28(36)32-19-26(30(38)39)33-29(37)24-11-9-23(10-12-24)22-5-2-1-3-6-22/h1-3,5-6,9-12,21,25-26,31H,4,7-8,13-20H2,(H,32,36)(H,33,37)(H,38,39)/t25-,26+/m1/s1. The third-order valence-electron chi connectivity index (χ3n) is 7.71. The van der Waals surface area contributed by atoms with Gasteiger partial charge in [0.15, 0.2) is 0 Å². The number of carbonyl (C=O) groups is 4. The first kappa shape index (κ1) is 28.3. The molecule has 2 saturated heterocycles. The molecule has 0 spiro atoms. The molecule has 0 unspecified atom stereocenters. The Hall–Kier alpha value is -3.72. The third kappa shape index (κ3) is 8.13. The first-order valence-corrected chi connectivity index (χ1v) is 13.9. The number of piperidine rings is 2. The number of amides is 3. The summed E-state index contributed by atoms with van der Waals surface area (Å²) in [5, 5.41) is 18.2. The van der Waals surface area contributed by atoms with Crippen molar-refractivity contribution in [1.82, 2.24) is 20.9 Å². The molecule has 2 aliphatic rings. The highest BCUT2D eigenvalue weighted by Gasteiger charge is 2.30. The molecule has 0 saturated carbocycles. The number of nitrogens with one attached hydrogen (secondary N) is 3. The van der Waals surface area contributed by atoms with Crippen LogP contribution in [-0.4, -0.2) is 72.5 Å². The summed E-state index contributed by atoms with van der Waals surface area (Å²) in [6, 6.07) is 15.4. The Kier molecular flexibility index (Phi) is 10.1. The molecule has 3 amide bonds. The van der Waals surface area contributed by atoms with E-state index in [4.69, 9.17) is 0 Å². The highest BCUT2D eigenvalue weighted by molar-refractivity contribution is 5.97. The first-order chi connectivity index (χ1) is 18.9. The second kappa shape index (κ2) is 13.9. The van der Waals surface area contributed by atoms with Crippen LogP contribution in [0.3, 0.4) is 0 Å². The Balaban J connectivity index is 1.25. The monoisotopic (exact) mass is 534 g/mol. The minimum Gasteiger partial charge on any atom is -0.480 e. The molecule has 2 aromatic rings. The molecule has 0 aromatic heterocycles. The van der Waals surface area contributed by atoms with Gasteiger partial charge in [0, 0.05) is 31.6 Å². The zero-order valence-corrected chi connectivity index (χ0v) is 22.2. The largest absolute Gasteiger partial charge is 0.480 e. The van der Waals surface area contributed by atoms with E-state index in [1.54, 1.807) is 17.0 Å². The number of nitrogens with zero attached hydrogens (tertiary/aromatic N) is 1. The van der Waals surface area contributed by atoms with Crippen LogP contribution in [0.15, 0.2) is 54.6 Å². The van der Waals surface area contributed by atoms with Gasteiger partial charge >= 0.3 is 5.97 Å². The zero-order chi connectivity index (χ0) is 27.6. The predicted molar refractivity (Wildman–Crippen MR) is 148 cm³/mol. The molecular weight excluding hydrogens is 496 g/mol. The zero-order valence-electron chi connectivity index (χ0n) is 22.2. The minimum atomic E-state index is -1.28. The number of aliphatic carboxylic acids is 1. The molecule has 4 rings (SSSR count). The Bertz CT molecular complexity index is 1130. The minimum absolute atomic E-state index is 0.0833. The normalized spacial score (nSPS) is 18.7. The molecule has 2 aliphatic heterocycles. The smallest absolute Gasteiger partial charge is 0.328 e. The summed E-state index contributed by atoms with van der Waals surface area (Å²) in [4.78, 5) is 51.9. The number of benzene rings is 2. The summed E-state index contributed by atoms with van der Waals surface area (Å²) in [5.74, 6) is -1.79. The van der Waals surface area contributed by atoms with Crippen molar-refractivity contribution in [3.8, 4) is 11.1 Å². The van der Waals surface area contributed by atoms with Crippen LogP contribution >= 0.6 is 0 Å². The third-order valence-corrected chi connectivity index (χ3v) is 7.71. The van der Waals surface area contributed by atoms with E-state index >= 15 is 0 Å². The van der Waals surface area contributed by atoms with Gasteiger partial charge in [-0.1, -0.05) is 42.5 Å². The number of carboxylic acid groups (broad SMARTS) is 1. The molecule has 39 heavy (non-hydrogen) atoms. The Morgan fingerprint density at radius 3 is 2.33 bits per heavy atom. The Morgan fingerprint density at radius 1 is 0.949 bits per heavy atom. The predicted octanol–water partition coefficient (Wildman–Crippen LogP) is 2.67. The maximum atomic E-state index is 12.9. The van der Waals surface area contributed by atoms with Crippen LogP contribution in [0, 0.1) is 11.8 Å². The number of carbonyl (C=O) groups excluding carboxylic acids is 3. The summed E-state index contributed by atoms with van der Waals surface area (Å²) < 4.78 is 0. The molecule has 4 N–H and O–H groups in total. The fraction of sp³-hybridized carbons (Fsp3) is 0.467. The molecule has 2 atom stereocenters. The van der Waals surface area contributed by atoms with Crippen molar-refractivity contribution >= 4 is 23.7 Å². The van der Waals surface area contributed by atoms with E-state index in [0.717, 1.165) is 49.9 Å². The lowest BCUT2D eigenvalue weighted by Crippen LogP contribution is -2.51. The van der Waals surface area contributed by atoms with Gasteiger partial charge in [0.25, 0.3) is 5.91 Å². The summed E-state index contributed by atoms with van der Waals surface area (Å²) in [5.41, 5.74) is 2.29. The quantitative estimate of drug-likeness (QED) is 0.371. The summed E-state index contributed by atoms with van der Waals surface area (Å²) in [6.45, 7) is 2.76. The van der Waals surface area contributed by atoms with E-state index in [1.807, 2.05) is 42.5 Å². The molecule has 2 aromatic carbocycles. The van der Waals surface area contributed by atoms with Crippen LogP contribution < -0.4 is 16.0 Å². The molecule has 0 bridgehead atoms. The molecule has 0 aliphatic carbocycles. The van der Waals surface area contributed by atoms with Gasteiger partial charge in [0.1, 0.15) is 6.04 Å². The lowest BCUT2D eigenvalue weighted by Gasteiger charge is -2.33. The SMILES string of the molecule is O=C(N[C@@H](CNC(=O)[C@@H]1CCCN(C(=O)CCC2CCNCC2)C1)C(=O)O)c1ccc(-c2ccccc2)cc1. The number of hydrogen-bond acceptors (Lipinski definition) is 5. The molecule has 2 heterocycles. The van der Waals surface area contributed by atoms with Gasteiger partial charge in [-0.05, 0) is 74.4 Å². The molecular formula is C30H38N4O5. The van der Waals surface area contributed by atoms with Crippen LogP contribution in [-0.2, 0) is 14.4 Å². The van der Waals surface area contributed by atoms with Crippen molar-refractivity contribution in [3.05, 3.63) is 60.2 Å². The van der Waals surface area contributed by atoms with Gasteiger partial charge in [0.2, 0.25) is 11.8 Å². The van der Waals surface area contributed by atoms with Crippen LogP contribution in [0.25, 0.3) is 11.1 Å². The summed E-state index contributed by atoms with van der Waals surface area (Å²) >= 11 is 0. The lowest BCUT2D eigenvalue weighted by atomic mass is 9.92. The second-order valence-corrected chi connectivity index (χ2v) is 10.5. The van der Waals surface area contributed by atoms with Gasteiger partial charge in [-0.2, -0.15) is 0 Å². The van der Waals surface area contributed by atoms with E-state index in [2.05, 4.69) is 16.0 Å². The number of rotatable bonds is 10.